The number of anilines is 2. The standard InChI is InChI=1S/C15H17N5O2/c16-13-12-9-2-1-3-11(21)10(9)8-17-14(12)19-15(18-13)20-4-6-22-7-5-20/h8H,1-7H2,(H2,16,17,18,19). The van der Waals surface area contributed by atoms with Gasteiger partial charge in [-0.25, -0.2) is 4.98 Å². The van der Waals surface area contributed by atoms with Gasteiger partial charge in [0.15, 0.2) is 11.4 Å². The zero-order valence-electron chi connectivity index (χ0n) is 12.2. The van der Waals surface area contributed by atoms with Gasteiger partial charge in [0, 0.05) is 31.3 Å². The predicted molar refractivity (Wildman–Crippen MR) is 82.0 cm³/mol. The Morgan fingerprint density at radius 1 is 1.18 bits per heavy atom. The lowest BCUT2D eigenvalue weighted by Crippen LogP contribution is -2.37. The highest BCUT2D eigenvalue weighted by Crippen LogP contribution is 2.30. The summed E-state index contributed by atoms with van der Waals surface area (Å²) in [6.07, 6.45) is 3.88. The van der Waals surface area contributed by atoms with E-state index in [1.54, 1.807) is 6.20 Å². The lowest BCUT2D eigenvalue weighted by atomic mass is 9.90. The molecule has 22 heavy (non-hydrogen) atoms. The Balaban J connectivity index is 1.85. The van der Waals surface area contributed by atoms with Crippen molar-refractivity contribution in [3.63, 3.8) is 0 Å². The van der Waals surface area contributed by atoms with Crippen LogP contribution in [-0.4, -0.2) is 47.0 Å². The van der Waals surface area contributed by atoms with Gasteiger partial charge >= 0.3 is 0 Å². The first-order valence-electron chi connectivity index (χ1n) is 7.55. The molecule has 2 aliphatic rings. The first kappa shape index (κ1) is 13.4. The van der Waals surface area contributed by atoms with Crippen LogP contribution in [0.5, 0.6) is 0 Å². The van der Waals surface area contributed by atoms with Crippen LogP contribution in [0.3, 0.4) is 0 Å². The quantitative estimate of drug-likeness (QED) is 0.838. The summed E-state index contributed by atoms with van der Waals surface area (Å²) in [5, 5.41) is 0.738. The van der Waals surface area contributed by atoms with Gasteiger partial charge in [-0.2, -0.15) is 9.97 Å². The molecule has 114 valence electrons. The molecule has 3 heterocycles. The number of hydrogen-bond donors (Lipinski definition) is 1. The molecule has 0 amide bonds. The first-order valence-corrected chi connectivity index (χ1v) is 7.55. The average Bonchev–Trinajstić information content (AvgIpc) is 2.55. The Kier molecular flexibility index (Phi) is 3.15. The summed E-state index contributed by atoms with van der Waals surface area (Å²) in [7, 11) is 0. The van der Waals surface area contributed by atoms with Gasteiger partial charge in [0.1, 0.15) is 5.82 Å². The Labute approximate surface area is 127 Å². The maximum Gasteiger partial charge on any atom is 0.229 e. The van der Waals surface area contributed by atoms with Gasteiger partial charge in [0.05, 0.1) is 18.6 Å². The van der Waals surface area contributed by atoms with E-state index in [9.17, 15) is 4.79 Å². The molecule has 0 saturated carbocycles. The number of carbonyl (C=O) groups excluding carboxylic acids is 1. The fourth-order valence-corrected chi connectivity index (χ4v) is 3.14. The monoisotopic (exact) mass is 299 g/mol. The van der Waals surface area contributed by atoms with Gasteiger partial charge in [0.25, 0.3) is 0 Å². The average molecular weight is 299 g/mol. The number of pyridine rings is 1. The SMILES string of the molecule is Nc1nc(N2CCOCC2)nc2ncc3c(c12)CCCC3=O. The van der Waals surface area contributed by atoms with Gasteiger partial charge in [-0.05, 0) is 18.4 Å². The molecule has 4 rings (SSSR count). The highest BCUT2D eigenvalue weighted by atomic mass is 16.5. The van der Waals surface area contributed by atoms with E-state index in [0.29, 0.717) is 42.6 Å². The third-order valence-electron chi connectivity index (χ3n) is 4.27. The lowest BCUT2D eigenvalue weighted by Gasteiger charge is -2.27. The van der Waals surface area contributed by atoms with E-state index in [1.165, 1.54) is 0 Å². The smallest absolute Gasteiger partial charge is 0.229 e. The summed E-state index contributed by atoms with van der Waals surface area (Å²) in [4.78, 5) is 27.4. The van der Waals surface area contributed by atoms with E-state index >= 15 is 0 Å². The molecule has 0 atom stereocenters. The highest BCUT2D eigenvalue weighted by molar-refractivity contribution is 6.04. The number of ketones is 1. The highest BCUT2D eigenvalue weighted by Gasteiger charge is 2.23. The number of Topliss-reactive ketones (excluding diaryl/α,β-unsaturated/α-hetero) is 1. The molecule has 0 bridgehead atoms. The Morgan fingerprint density at radius 2 is 2.00 bits per heavy atom. The zero-order chi connectivity index (χ0) is 15.1. The van der Waals surface area contributed by atoms with E-state index in [2.05, 4.69) is 15.0 Å². The summed E-state index contributed by atoms with van der Waals surface area (Å²) in [6, 6.07) is 0. The van der Waals surface area contributed by atoms with Crippen molar-refractivity contribution in [1.29, 1.82) is 0 Å². The van der Waals surface area contributed by atoms with Crippen molar-refractivity contribution in [3.8, 4) is 0 Å². The molecule has 0 radical (unpaired) electrons. The third-order valence-corrected chi connectivity index (χ3v) is 4.27. The molecule has 0 spiro atoms. The van der Waals surface area contributed by atoms with Crippen LogP contribution in [0.1, 0.15) is 28.8 Å². The van der Waals surface area contributed by atoms with E-state index < -0.39 is 0 Å². The molecule has 2 aromatic heterocycles. The van der Waals surface area contributed by atoms with Crippen LogP contribution < -0.4 is 10.6 Å². The summed E-state index contributed by atoms with van der Waals surface area (Å²) in [5.41, 5.74) is 8.37. The summed E-state index contributed by atoms with van der Waals surface area (Å²) in [5.74, 6) is 1.13. The minimum Gasteiger partial charge on any atom is -0.383 e. The molecular formula is C15H17N5O2. The number of nitrogen functional groups attached to an aromatic ring is 1. The molecule has 7 nitrogen and oxygen atoms in total. The summed E-state index contributed by atoms with van der Waals surface area (Å²) < 4.78 is 5.34. The molecule has 2 N–H and O–H groups in total. The largest absolute Gasteiger partial charge is 0.383 e. The number of aryl methyl sites for hydroxylation is 1. The van der Waals surface area contributed by atoms with Crippen LogP contribution >= 0.6 is 0 Å². The Morgan fingerprint density at radius 3 is 2.82 bits per heavy atom. The number of nitrogens with two attached hydrogens (primary N) is 1. The second-order valence-electron chi connectivity index (χ2n) is 5.63. The number of fused-ring (bicyclic) bond motifs is 3. The van der Waals surface area contributed by atoms with Crippen LogP contribution in [0.4, 0.5) is 11.8 Å². The topological polar surface area (TPSA) is 94.2 Å². The van der Waals surface area contributed by atoms with E-state index in [-0.39, 0.29) is 5.78 Å². The molecule has 7 heteroatoms. The van der Waals surface area contributed by atoms with E-state index in [4.69, 9.17) is 10.5 Å². The second kappa shape index (κ2) is 5.17. The number of aromatic nitrogens is 3. The number of rotatable bonds is 1. The second-order valence-corrected chi connectivity index (χ2v) is 5.63. The van der Waals surface area contributed by atoms with Crippen molar-refractivity contribution in [2.75, 3.05) is 36.9 Å². The van der Waals surface area contributed by atoms with Crippen molar-refractivity contribution in [2.45, 2.75) is 19.3 Å². The fraction of sp³-hybridized carbons (Fsp3) is 0.467. The van der Waals surface area contributed by atoms with Gasteiger partial charge in [0.2, 0.25) is 5.95 Å². The molecule has 1 aliphatic carbocycles. The van der Waals surface area contributed by atoms with Gasteiger partial charge in [-0.15, -0.1) is 0 Å². The fourth-order valence-electron chi connectivity index (χ4n) is 3.14. The minimum atomic E-state index is 0.132. The summed E-state index contributed by atoms with van der Waals surface area (Å²) >= 11 is 0. The number of nitrogens with zero attached hydrogens (tertiary/aromatic N) is 4. The van der Waals surface area contributed by atoms with Crippen LogP contribution in [0, 0.1) is 0 Å². The van der Waals surface area contributed by atoms with Gasteiger partial charge in [-0.3, -0.25) is 4.79 Å². The van der Waals surface area contributed by atoms with E-state index in [1.807, 2.05) is 4.90 Å². The van der Waals surface area contributed by atoms with Crippen molar-refractivity contribution < 1.29 is 9.53 Å². The van der Waals surface area contributed by atoms with Crippen molar-refractivity contribution >= 4 is 28.6 Å². The molecule has 2 aromatic rings. The molecule has 0 aromatic carbocycles. The molecular weight excluding hydrogens is 282 g/mol. The van der Waals surface area contributed by atoms with Crippen LogP contribution in [0.25, 0.3) is 11.0 Å². The molecule has 1 fully saturated rings. The third kappa shape index (κ3) is 2.09. The number of morpholine rings is 1. The number of hydrogen-bond acceptors (Lipinski definition) is 7. The first-order chi connectivity index (χ1) is 10.7. The van der Waals surface area contributed by atoms with Gasteiger partial charge in [-0.1, -0.05) is 0 Å². The van der Waals surface area contributed by atoms with Gasteiger partial charge < -0.3 is 15.4 Å². The molecule has 1 aliphatic heterocycles. The zero-order valence-corrected chi connectivity index (χ0v) is 12.2. The minimum absolute atomic E-state index is 0.132. The molecule has 1 saturated heterocycles. The molecule has 0 unspecified atom stereocenters. The summed E-state index contributed by atoms with van der Waals surface area (Å²) in [6.45, 7) is 2.81. The normalized spacial score (nSPS) is 18.5. The van der Waals surface area contributed by atoms with Crippen LogP contribution in [0.15, 0.2) is 6.20 Å². The predicted octanol–water partition coefficient (Wildman–Crippen LogP) is 0.963. The number of carbonyl (C=O) groups is 1. The maximum atomic E-state index is 12.0. The van der Waals surface area contributed by atoms with Crippen LogP contribution in [-0.2, 0) is 11.2 Å². The lowest BCUT2D eigenvalue weighted by molar-refractivity contribution is 0.0972. The van der Waals surface area contributed by atoms with E-state index in [0.717, 1.165) is 36.9 Å². The maximum absolute atomic E-state index is 12.0. The van der Waals surface area contributed by atoms with Crippen molar-refractivity contribution in [1.82, 2.24) is 15.0 Å². The van der Waals surface area contributed by atoms with Crippen molar-refractivity contribution in [2.24, 2.45) is 0 Å². The Hall–Kier alpha value is -2.28. The Bertz CT molecular complexity index is 755. The van der Waals surface area contributed by atoms with Crippen molar-refractivity contribution in [3.05, 3.63) is 17.3 Å². The van der Waals surface area contributed by atoms with Crippen LogP contribution in [0.2, 0.25) is 0 Å². The number of ether oxygens (including phenoxy) is 1.